The second-order valence-electron chi connectivity index (χ2n) is 3.71. The summed E-state index contributed by atoms with van der Waals surface area (Å²) in [5.74, 6) is 5.16. The SMILES string of the molecule is CC1(C(O)CSCCC[S])SCCCS1. The van der Waals surface area contributed by atoms with Gasteiger partial charge in [0.25, 0.3) is 0 Å². The number of aliphatic hydroxyl groups is 1. The monoisotopic (exact) mass is 283 g/mol. The highest BCUT2D eigenvalue weighted by atomic mass is 32.2. The predicted molar refractivity (Wildman–Crippen MR) is 78.3 cm³/mol. The Bertz CT molecular complexity index is 171. The molecular formula is C10H19OS4. The summed E-state index contributed by atoms with van der Waals surface area (Å²) in [5, 5.41) is 10.1. The Morgan fingerprint density at radius 2 is 2.13 bits per heavy atom. The van der Waals surface area contributed by atoms with E-state index in [0.29, 0.717) is 0 Å². The lowest BCUT2D eigenvalue weighted by atomic mass is 10.3. The van der Waals surface area contributed by atoms with E-state index < -0.39 is 0 Å². The zero-order chi connectivity index (χ0) is 11.1. The minimum atomic E-state index is -0.192. The van der Waals surface area contributed by atoms with E-state index in [-0.39, 0.29) is 10.2 Å². The molecule has 15 heavy (non-hydrogen) atoms. The first-order valence-electron chi connectivity index (χ1n) is 5.31. The van der Waals surface area contributed by atoms with Crippen LogP contribution >= 0.6 is 47.9 Å². The van der Waals surface area contributed by atoms with Gasteiger partial charge < -0.3 is 5.11 Å². The summed E-state index contributed by atoms with van der Waals surface area (Å²) in [5.41, 5.74) is 0. The Kier molecular flexibility index (Phi) is 7.35. The standard InChI is InChI=1S/C10H19OS4/c1-10(14-6-3-7-15-10)9(11)8-13-5-2-4-12/h9,11H,2-8H2,1H3. The molecule has 1 rings (SSSR count). The molecular weight excluding hydrogens is 264 g/mol. The fourth-order valence-electron chi connectivity index (χ4n) is 1.35. The highest BCUT2D eigenvalue weighted by Crippen LogP contribution is 2.44. The fourth-order valence-corrected chi connectivity index (χ4v) is 5.92. The van der Waals surface area contributed by atoms with Gasteiger partial charge >= 0.3 is 0 Å². The average molecular weight is 284 g/mol. The molecule has 0 aromatic heterocycles. The highest BCUT2D eigenvalue weighted by Gasteiger charge is 2.35. The van der Waals surface area contributed by atoms with Crippen molar-refractivity contribution in [2.24, 2.45) is 0 Å². The van der Waals surface area contributed by atoms with Crippen LogP contribution in [0.15, 0.2) is 0 Å². The van der Waals surface area contributed by atoms with Crippen molar-refractivity contribution in [1.29, 1.82) is 0 Å². The zero-order valence-corrected chi connectivity index (χ0v) is 12.4. The van der Waals surface area contributed by atoms with Crippen molar-refractivity contribution in [3.63, 3.8) is 0 Å². The number of thioether (sulfide) groups is 3. The maximum atomic E-state index is 10.1. The summed E-state index contributed by atoms with van der Waals surface area (Å²) in [4.78, 5) is 0. The molecule has 1 heterocycles. The molecule has 1 radical (unpaired) electrons. The lowest BCUT2D eigenvalue weighted by Crippen LogP contribution is -2.37. The van der Waals surface area contributed by atoms with Crippen LogP contribution in [0.25, 0.3) is 0 Å². The molecule has 0 saturated carbocycles. The largest absolute Gasteiger partial charge is 0.390 e. The highest BCUT2D eigenvalue weighted by molar-refractivity contribution is 8.18. The van der Waals surface area contributed by atoms with E-state index in [9.17, 15) is 5.11 Å². The molecule has 0 spiro atoms. The fraction of sp³-hybridized carbons (Fsp3) is 1.00. The smallest absolute Gasteiger partial charge is 0.0865 e. The molecule has 1 aliphatic rings. The third-order valence-electron chi connectivity index (χ3n) is 2.38. The van der Waals surface area contributed by atoms with Gasteiger partial charge in [0.1, 0.15) is 0 Å². The second-order valence-corrected chi connectivity index (χ2v) is 8.62. The molecule has 89 valence electrons. The molecule has 0 bridgehead atoms. The molecule has 1 nitrogen and oxygen atoms in total. The van der Waals surface area contributed by atoms with Gasteiger partial charge in [-0.25, -0.2) is 0 Å². The zero-order valence-electron chi connectivity index (χ0n) is 9.11. The van der Waals surface area contributed by atoms with Crippen LogP contribution in [0, 0.1) is 0 Å². The molecule has 0 aliphatic carbocycles. The molecule has 1 unspecified atom stereocenters. The van der Waals surface area contributed by atoms with Gasteiger partial charge in [-0.2, -0.15) is 11.8 Å². The van der Waals surface area contributed by atoms with Crippen LogP contribution in [0.3, 0.4) is 0 Å². The Morgan fingerprint density at radius 3 is 2.73 bits per heavy atom. The summed E-state index contributed by atoms with van der Waals surface area (Å²) in [6.07, 6.45) is 2.17. The van der Waals surface area contributed by atoms with Crippen LogP contribution in [0.4, 0.5) is 0 Å². The first-order chi connectivity index (χ1) is 7.19. The van der Waals surface area contributed by atoms with E-state index >= 15 is 0 Å². The minimum Gasteiger partial charge on any atom is -0.390 e. The Balaban J connectivity index is 2.22. The third kappa shape index (κ3) is 5.02. The van der Waals surface area contributed by atoms with Gasteiger partial charge in [-0.1, -0.05) is 12.6 Å². The number of hydrogen-bond donors (Lipinski definition) is 1. The molecule has 0 amide bonds. The number of rotatable bonds is 6. The molecule has 1 aliphatic heterocycles. The van der Waals surface area contributed by atoms with Crippen LogP contribution in [-0.4, -0.2) is 44.1 Å². The first-order valence-corrected chi connectivity index (χ1v) is 9.01. The van der Waals surface area contributed by atoms with Gasteiger partial charge in [0.05, 0.1) is 10.2 Å². The molecule has 1 atom stereocenters. The molecule has 0 aromatic rings. The van der Waals surface area contributed by atoms with Gasteiger partial charge in [0, 0.05) is 11.5 Å². The molecule has 0 aromatic carbocycles. The Labute approximate surface area is 111 Å². The van der Waals surface area contributed by atoms with E-state index in [1.807, 2.05) is 35.3 Å². The van der Waals surface area contributed by atoms with E-state index in [0.717, 1.165) is 23.7 Å². The average Bonchev–Trinajstić information content (AvgIpc) is 2.25. The molecule has 1 N–H and O–H groups in total. The Hall–Kier alpha value is 1.36. The van der Waals surface area contributed by atoms with Crippen LogP contribution in [-0.2, 0) is 0 Å². The van der Waals surface area contributed by atoms with Crippen molar-refractivity contribution >= 4 is 47.9 Å². The van der Waals surface area contributed by atoms with Crippen molar-refractivity contribution in [2.75, 3.05) is 28.8 Å². The summed E-state index contributed by atoms with van der Waals surface area (Å²) < 4.78 is 0.0270. The summed E-state index contributed by atoms with van der Waals surface area (Å²) >= 11 is 10.6. The van der Waals surface area contributed by atoms with Crippen LogP contribution in [0.5, 0.6) is 0 Å². The summed E-state index contributed by atoms with van der Waals surface area (Å²) in [6.45, 7) is 2.18. The lowest BCUT2D eigenvalue weighted by molar-refractivity contribution is 0.190. The van der Waals surface area contributed by atoms with E-state index in [1.54, 1.807) is 0 Å². The first kappa shape index (κ1) is 14.4. The number of hydrogen-bond acceptors (Lipinski definition) is 4. The van der Waals surface area contributed by atoms with E-state index in [2.05, 4.69) is 6.92 Å². The quantitative estimate of drug-likeness (QED) is 0.755. The van der Waals surface area contributed by atoms with E-state index in [1.165, 1.54) is 17.9 Å². The van der Waals surface area contributed by atoms with Gasteiger partial charge in [-0.3, -0.25) is 0 Å². The van der Waals surface area contributed by atoms with Crippen LogP contribution in [0.1, 0.15) is 19.8 Å². The van der Waals surface area contributed by atoms with Crippen LogP contribution in [0.2, 0.25) is 0 Å². The molecule has 5 heteroatoms. The molecule has 1 fully saturated rings. The predicted octanol–water partition coefficient (Wildman–Crippen LogP) is 3.25. The van der Waals surface area contributed by atoms with Crippen molar-refractivity contribution < 1.29 is 5.11 Å². The topological polar surface area (TPSA) is 20.2 Å². The second kappa shape index (κ2) is 7.64. The van der Waals surface area contributed by atoms with Crippen molar-refractivity contribution in [3.8, 4) is 0 Å². The van der Waals surface area contributed by atoms with Crippen molar-refractivity contribution in [3.05, 3.63) is 0 Å². The maximum Gasteiger partial charge on any atom is 0.0865 e. The summed E-state index contributed by atoms with van der Waals surface area (Å²) in [6, 6.07) is 0. The van der Waals surface area contributed by atoms with Gasteiger partial charge in [-0.15, -0.1) is 23.5 Å². The van der Waals surface area contributed by atoms with Crippen molar-refractivity contribution in [2.45, 2.75) is 29.9 Å². The van der Waals surface area contributed by atoms with Crippen molar-refractivity contribution in [1.82, 2.24) is 0 Å². The van der Waals surface area contributed by atoms with Crippen LogP contribution < -0.4 is 0 Å². The maximum absolute atomic E-state index is 10.1. The van der Waals surface area contributed by atoms with Gasteiger partial charge in [0.2, 0.25) is 0 Å². The lowest BCUT2D eigenvalue weighted by Gasteiger charge is -2.36. The summed E-state index contributed by atoms with van der Waals surface area (Å²) in [7, 11) is 0. The Morgan fingerprint density at radius 1 is 1.47 bits per heavy atom. The normalized spacial score (nSPS) is 22.6. The van der Waals surface area contributed by atoms with Gasteiger partial charge in [0.15, 0.2) is 0 Å². The number of aliphatic hydroxyl groups excluding tert-OH is 1. The minimum absolute atomic E-state index is 0.0270. The molecule has 1 saturated heterocycles. The van der Waals surface area contributed by atoms with Gasteiger partial charge in [-0.05, 0) is 37.0 Å². The third-order valence-corrected chi connectivity index (χ3v) is 7.18. The van der Waals surface area contributed by atoms with E-state index in [4.69, 9.17) is 12.6 Å².